The number of pyridine rings is 1. The van der Waals surface area contributed by atoms with Crippen molar-refractivity contribution in [3.05, 3.63) is 30.1 Å². The second-order valence-corrected chi connectivity index (χ2v) is 3.23. The standard InChI is InChI=1S/C10H14N2O2/c1-7(12-8(2)10(13)14)9-4-3-5-11-6-9/h3-8,12H,1-2H3,(H,13,14)/t7-,8?/m0/s1. The van der Waals surface area contributed by atoms with Crippen molar-refractivity contribution in [1.29, 1.82) is 0 Å². The molecule has 1 heterocycles. The Morgan fingerprint density at radius 1 is 1.57 bits per heavy atom. The second-order valence-electron chi connectivity index (χ2n) is 3.23. The number of hydrogen-bond donors (Lipinski definition) is 2. The topological polar surface area (TPSA) is 62.2 Å². The van der Waals surface area contributed by atoms with E-state index < -0.39 is 12.0 Å². The lowest BCUT2D eigenvalue weighted by Crippen LogP contribution is -2.35. The highest BCUT2D eigenvalue weighted by atomic mass is 16.4. The molecule has 0 aliphatic heterocycles. The summed E-state index contributed by atoms with van der Waals surface area (Å²) in [5, 5.41) is 11.7. The maximum absolute atomic E-state index is 10.6. The van der Waals surface area contributed by atoms with E-state index in [-0.39, 0.29) is 6.04 Å². The fraction of sp³-hybridized carbons (Fsp3) is 0.400. The number of carboxylic acids is 1. The lowest BCUT2D eigenvalue weighted by molar-refractivity contribution is -0.139. The van der Waals surface area contributed by atoms with Gasteiger partial charge in [-0.1, -0.05) is 6.07 Å². The average Bonchev–Trinajstić information content (AvgIpc) is 2.19. The van der Waals surface area contributed by atoms with Crippen molar-refractivity contribution in [2.45, 2.75) is 25.9 Å². The van der Waals surface area contributed by atoms with E-state index in [0.29, 0.717) is 0 Å². The number of nitrogens with zero attached hydrogens (tertiary/aromatic N) is 1. The number of nitrogens with one attached hydrogen (secondary N) is 1. The number of rotatable bonds is 4. The quantitative estimate of drug-likeness (QED) is 0.756. The molecule has 14 heavy (non-hydrogen) atoms. The first kappa shape index (κ1) is 10.7. The molecule has 1 aromatic heterocycles. The molecule has 0 radical (unpaired) electrons. The molecule has 0 aromatic carbocycles. The highest BCUT2D eigenvalue weighted by Gasteiger charge is 2.14. The van der Waals surface area contributed by atoms with Crippen LogP contribution in [0.1, 0.15) is 25.5 Å². The smallest absolute Gasteiger partial charge is 0.320 e. The molecule has 2 N–H and O–H groups in total. The van der Waals surface area contributed by atoms with Gasteiger partial charge in [-0.2, -0.15) is 0 Å². The first-order valence-electron chi connectivity index (χ1n) is 4.50. The number of aliphatic carboxylic acids is 1. The summed E-state index contributed by atoms with van der Waals surface area (Å²) < 4.78 is 0. The van der Waals surface area contributed by atoms with Gasteiger partial charge in [-0.3, -0.25) is 15.1 Å². The zero-order valence-electron chi connectivity index (χ0n) is 8.27. The summed E-state index contributed by atoms with van der Waals surface area (Å²) in [6.45, 7) is 3.53. The number of aromatic nitrogens is 1. The SMILES string of the molecule is CC(N[C@@H](C)c1cccnc1)C(=O)O. The third-order valence-electron chi connectivity index (χ3n) is 2.05. The van der Waals surface area contributed by atoms with Crippen molar-refractivity contribution in [3.63, 3.8) is 0 Å². The molecule has 0 saturated heterocycles. The summed E-state index contributed by atoms with van der Waals surface area (Å²) >= 11 is 0. The molecule has 4 nitrogen and oxygen atoms in total. The minimum atomic E-state index is -0.847. The molecule has 0 bridgehead atoms. The molecule has 76 valence electrons. The summed E-state index contributed by atoms with van der Waals surface area (Å²) in [4.78, 5) is 14.6. The molecule has 2 atom stereocenters. The maximum Gasteiger partial charge on any atom is 0.320 e. The zero-order chi connectivity index (χ0) is 10.6. The molecule has 1 aromatic rings. The van der Waals surface area contributed by atoms with Crippen LogP contribution >= 0.6 is 0 Å². The minimum absolute atomic E-state index is 0.00481. The van der Waals surface area contributed by atoms with Crippen LogP contribution in [0.15, 0.2) is 24.5 Å². The van der Waals surface area contributed by atoms with E-state index in [4.69, 9.17) is 5.11 Å². The van der Waals surface area contributed by atoms with Gasteiger partial charge in [-0.25, -0.2) is 0 Å². The fourth-order valence-electron chi connectivity index (χ4n) is 1.17. The van der Waals surface area contributed by atoms with Crippen molar-refractivity contribution in [2.24, 2.45) is 0 Å². The van der Waals surface area contributed by atoms with Crippen LogP contribution in [0.3, 0.4) is 0 Å². The molecule has 0 aliphatic rings. The van der Waals surface area contributed by atoms with Crippen molar-refractivity contribution >= 4 is 5.97 Å². The van der Waals surface area contributed by atoms with Gasteiger partial charge in [-0.15, -0.1) is 0 Å². The molecular weight excluding hydrogens is 180 g/mol. The molecular formula is C10H14N2O2. The van der Waals surface area contributed by atoms with E-state index in [0.717, 1.165) is 5.56 Å². The van der Waals surface area contributed by atoms with E-state index in [1.807, 2.05) is 19.1 Å². The highest BCUT2D eigenvalue weighted by Crippen LogP contribution is 2.10. The molecule has 0 amide bonds. The minimum Gasteiger partial charge on any atom is -0.480 e. The van der Waals surface area contributed by atoms with Crippen LogP contribution in [-0.4, -0.2) is 22.1 Å². The Kier molecular flexibility index (Phi) is 3.59. The van der Waals surface area contributed by atoms with Gasteiger partial charge < -0.3 is 5.11 Å². The van der Waals surface area contributed by atoms with E-state index in [1.54, 1.807) is 19.3 Å². The first-order valence-corrected chi connectivity index (χ1v) is 4.50. The Morgan fingerprint density at radius 3 is 2.79 bits per heavy atom. The van der Waals surface area contributed by atoms with Gasteiger partial charge in [0.25, 0.3) is 0 Å². The lowest BCUT2D eigenvalue weighted by atomic mass is 10.1. The van der Waals surface area contributed by atoms with Crippen molar-refractivity contribution < 1.29 is 9.90 Å². The van der Waals surface area contributed by atoms with Gasteiger partial charge in [0.05, 0.1) is 0 Å². The van der Waals surface area contributed by atoms with Crippen LogP contribution in [0, 0.1) is 0 Å². The Balaban J connectivity index is 2.59. The fourth-order valence-corrected chi connectivity index (χ4v) is 1.17. The monoisotopic (exact) mass is 194 g/mol. The predicted molar refractivity (Wildman–Crippen MR) is 52.9 cm³/mol. The van der Waals surface area contributed by atoms with Crippen molar-refractivity contribution in [1.82, 2.24) is 10.3 Å². The lowest BCUT2D eigenvalue weighted by Gasteiger charge is -2.16. The van der Waals surface area contributed by atoms with Crippen LogP contribution < -0.4 is 5.32 Å². The van der Waals surface area contributed by atoms with Gasteiger partial charge in [-0.05, 0) is 25.5 Å². The Morgan fingerprint density at radius 2 is 2.29 bits per heavy atom. The van der Waals surface area contributed by atoms with Gasteiger partial charge in [0.15, 0.2) is 0 Å². The third-order valence-corrected chi connectivity index (χ3v) is 2.05. The van der Waals surface area contributed by atoms with E-state index >= 15 is 0 Å². The van der Waals surface area contributed by atoms with Gasteiger partial charge in [0.2, 0.25) is 0 Å². The van der Waals surface area contributed by atoms with Crippen LogP contribution in [0.25, 0.3) is 0 Å². The summed E-state index contributed by atoms with van der Waals surface area (Å²) in [5.74, 6) is -0.847. The largest absolute Gasteiger partial charge is 0.480 e. The van der Waals surface area contributed by atoms with E-state index in [1.165, 1.54) is 0 Å². The Labute approximate surface area is 83.0 Å². The van der Waals surface area contributed by atoms with Crippen LogP contribution in [0.5, 0.6) is 0 Å². The van der Waals surface area contributed by atoms with Crippen molar-refractivity contribution in [2.75, 3.05) is 0 Å². The van der Waals surface area contributed by atoms with Gasteiger partial charge in [0.1, 0.15) is 6.04 Å². The molecule has 4 heteroatoms. The molecule has 0 aliphatic carbocycles. The van der Waals surface area contributed by atoms with Gasteiger partial charge in [0, 0.05) is 18.4 Å². The number of carbonyl (C=O) groups is 1. The van der Waals surface area contributed by atoms with Gasteiger partial charge >= 0.3 is 5.97 Å². The summed E-state index contributed by atoms with van der Waals surface area (Å²) in [7, 11) is 0. The normalized spacial score (nSPS) is 14.7. The molecule has 0 saturated carbocycles. The van der Waals surface area contributed by atoms with Crippen LogP contribution in [0.2, 0.25) is 0 Å². The number of hydrogen-bond acceptors (Lipinski definition) is 3. The van der Waals surface area contributed by atoms with Crippen molar-refractivity contribution in [3.8, 4) is 0 Å². The Bertz CT molecular complexity index is 300. The molecule has 1 rings (SSSR count). The molecule has 1 unspecified atom stereocenters. The average molecular weight is 194 g/mol. The van der Waals surface area contributed by atoms with Crippen LogP contribution in [0.4, 0.5) is 0 Å². The van der Waals surface area contributed by atoms with E-state index in [9.17, 15) is 4.79 Å². The Hall–Kier alpha value is -1.42. The third kappa shape index (κ3) is 2.81. The first-order chi connectivity index (χ1) is 6.61. The predicted octanol–water partition coefficient (Wildman–Crippen LogP) is 1.21. The second kappa shape index (κ2) is 4.72. The summed E-state index contributed by atoms with van der Waals surface area (Å²) in [5.41, 5.74) is 0.987. The highest BCUT2D eigenvalue weighted by molar-refractivity contribution is 5.72. The number of carboxylic acid groups (broad SMARTS) is 1. The molecule has 0 fully saturated rings. The maximum atomic E-state index is 10.6. The van der Waals surface area contributed by atoms with Crippen LogP contribution in [-0.2, 0) is 4.79 Å². The zero-order valence-corrected chi connectivity index (χ0v) is 8.27. The van der Waals surface area contributed by atoms with E-state index in [2.05, 4.69) is 10.3 Å². The summed E-state index contributed by atoms with van der Waals surface area (Å²) in [6, 6.07) is 3.19. The molecule has 0 spiro atoms. The summed E-state index contributed by atoms with van der Waals surface area (Å²) in [6.07, 6.45) is 3.42.